The fourth-order valence-corrected chi connectivity index (χ4v) is 3.04. The summed E-state index contributed by atoms with van der Waals surface area (Å²) >= 11 is 0. The summed E-state index contributed by atoms with van der Waals surface area (Å²) < 4.78 is 0. The van der Waals surface area contributed by atoms with Gasteiger partial charge in [0, 0.05) is 5.41 Å². The minimum Gasteiger partial charge on any atom is -0.0998 e. The number of hydrogen-bond donors (Lipinski definition) is 0. The Balaban J connectivity index is 2.56. The van der Waals surface area contributed by atoms with E-state index >= 15 is 0 Å². The Morgan fingerprint density at radius 3 is 2.24 bits per heavy atom. The molecule has 0 heterocycles. The molecule has 2 aromatic carbocycles. The molecule has 0 radical (unpaired) electrons. The van der Waals surface area contributed by atoms with Gasteiger partial charge in [0.15, 0.2) is 0 Å². The lowest BCUT2D eigenvalue weighted by Gasteiger charge is -2.29. The second kappa shape index (κ2) is 5.89. The second-order valence-electron chi connectivity index (χ2n) is 6.71. The van der Waals surface area contributed by atoms with E-state index < -0.39 is 0 Å². The van der Waals surface area contributed by atoms with Crippen LogP contribution in [0.2, 0.25) is 0 Å². The summed E-state index contributed by atoms with van der Waals surface area (Å²) in [6, 6.07) is 15.4. The lowest BCUT2D eigenvalue weighted by atomic mass is 9.74. The smallest absolute Gasteiger partial charge is 0.0149 e. The molecular formula is C21H26. The summed E-state index contributed by atoms with van der Waals surface area (Å²) in [5.41, 5.74) is 8.14. The van der Waals surface area contributed by atoms with Crippen LogP contribution in [-0.2, 0) is 11.8 Å². The van der Waals surface area contributed by atoms with E-state index in [9.17, 15) is 0 Å². The van der Waals surface area contributed by atoms with E-state index in [2.05, 4.69) is 83.7 Å². The maximum absolute atomic E-state index is 4.05. The van der Waals surface area contributed by atoms with Crippen LogP contribution >= 0.6 is 0 Å². The zero-order valence-electron chi connectivity index (χ0n) is 14.0. The Morgan fingerprint density at radius 2 is 1.67 bits per heavy atom. The average Bonchev–Trinajstić information content (AvgIpc) is 2.43. The zero-order valence-corrected chi connectivity index (χ0v) is 14.0. The Labute approximate surface area is 129 Å². The lowest BCUT2D eigenvalue weighted by molar-refractivity contribution is 0.634. The molecule has 0 aliphatic heterocycles. The first-order valence-corrected chi connectivity index (χ1v) is 7.63. The molecule has 2 rings (SSSR count). The molecule has 0 spiro atoms. The largest absolute Gasteiger partial charge is 0.0998 e. The summed E-state index contributed by atoms with van der Waals surface area (Å²) in [6.45, 7) is 15.2. The van der Waals surface area contributed by atoms with Gasteiger partial charge in [0.05, 0.1) is 0 Å². The number of hydrogen-bond acceptors (Lipinski definition) is 0. The van der Waals surface area contributed by atoms with Crippen molar-refractivity contribution in [1.82, 2.24) is 0 Å². The van der Waals surface area contributed by atoms with Crippen molar-refractivity contribution in [3.63, 3.8) is 0 Å². The molecule has 0 bridgehead atoms. The minimum atomic E-state index is 0.0151. The van der Waals surface area contributed by atoms with Gasteiger partial charge < -0.3 is 0 Å². The predicted octanol–water partition coefficient (Wildman–Crippen LogP) is 5.75. The molecule has 0 nitrogen and oxygen atoms in total. The number of benzene rings is 2. The van der Waals surface area contributed by atoms with Gasteiger partial charge in [-0.15, -0.1) is 0 Å². The fourth-order valence-electron chi connectivity index (χ4n) is 3.04. The standard InChI is InChI=1S/C21H26/c1-15(2)12-18-13-16(3)17(4)20(14-18)21(5,6)19-10-8-7-9-11-19/h7-11,13-14H,1,12H2,2-6H3. The van der Waals surface area contributed by atoms with Crippen LogP contribution in [0.3, 0.4) is 0 Å². The molecule has 0 heteroatoms. The van der Waals surface area contributed by atoms with Crippen molar-refractivity contribution in [1.29, 1.82) is 0 Å². The van der Waals surface area contributed by atoms with Gasteiger partial charge in [0.1, 0.15) is 0 Å². The third-order valence-electron chi connectivity index (χ3n) is 4.40. The van der Waals surface area contributed by atoms with Crippen LogP contribution in [-0.4, -0.2) is 0 Å². The topological polar surface area (TPSA) is 0 Å². The molecule has 0 aromatic heterocycles. The molecule has 0 aliphatic rings. The second-order valence-corrected chi connectivity index (χ2v) is 6.71. The van der Waals surface area contributed by atoms with Crippen molar-refractivity contribution in [2.75, 3.05) is 0 Å². The lowest BCUT2D eigenvalue weighted by Crippen LogP contribution is -2.21. The van der Waals surface area contributed by atoms with Gasteiger partial charge in [-0.3, -0.25) is 0 Å². The van der Waals surface area contributed by atoms with Gasteiger partial charge in [0.2, 0.25) is 0 Å². The summed E-state index contributed by atoms with van der Waals surface area (Å²) in [4.78, 5) is 0. The van der Waals surface area contributed by atoms with Gasteiger partial charge in [-0.1, -0.05) is 68.5 Å². The molecule has 21 heavy (non-hydrogen) atoms. The Hall–Kier alpha value is -1.82. The molecule has 110 valence electrons. The van der Waals surface area contributed by atoms with Gasteiger partial charge in [-0.05, 0) is 55.0 Å². The summed E-state index contributed by atoms with van der Waals surface area (Å²) in [7, 11) is 0. The van der Waals surface area contributed by atoms with Crippen LogP contribution in [0.1, 0.15) is 48.6 Å². The van der Waals surface area contributed by atoms with Crippen molar-refractivity contribution in [2.45, 2.75) is 46.5 Å². The van der Waals surface area contributed by atoms with E-state index in [-0.39, 0.29) is 5.41 Å². The molecule has 0 unspecified atom stereocenters. The van der Waals surface area contributed by atoms with E-state index in [0.29, 0.717) is 0 Å². The quantitative estimate of drug-likeness (QED) is 0.625. The van der Waals surface area contributed by atoms with Crippen LogP contribution in [0.4, 0.5) is 0 Å². The van der Waals surface area contributed by atoms with Crippen LogP contribution in [0, 0.1) is 13.8 Å². The molecule has 0 saturated carbocycles. The average molecular weight is 278 g/mol. The monoisotopic (exact) mass is 278 g/mol. The van der Waals surface area contributed by atoms with Gasteiger partial charge in [-0.25, -0.2) is 0 Å². The Kier molecular flexibility index (Phi) is 4.37. The van der Waals surface area contributed by atoms with Gasteiger partial charge in [0.25, 0.3) is 0 Å². The number of allylic oxidation sites excluding steroid dienone is 1. The fraction of sp³-hybridized carbons (Fsp3) is 0.333. The third kappa shape index (κ3) is 3.26. The van der Waals surface area contributed by atoms with E-state index in [1.807, 2.05) is 0 Å². The Bertz CT molecular complexity index is 645. The first-order chi connectivity index (χ1) is 9.82. The molecule has 0 atom stereocenters. The third-order valence-corrected chi connectivity index (χ3v) is 4.40. The van der Waals surface area contributed by atoms with Gasteiger partial charge >= 0.3 is 0 Å². The first-order valence-electron chi connectivity index (χ1n) is 7.63. The number of aryl methyl sites for hydroxylation is 1. The van der Waals surface area contributed by atoms with Crippen molar-refractivity contribution < 1.29 is 0 Å². The van der Waals surface area contributed by atoms with Crippen LogP contribution in [0.25, 0.3) is 0 Å². The molecule has 0 N–H and O–H groups in total. The van der Waals surface area contributed by atoms with Gasteiger partial charge in [-0.2, -0.15) is 0 Å². The van der Waals surface area contributed by atoms with Crippen molar-refractivity contribution >= 4 is 0 Å². The highest BCUT2D eigenvalue weighted by molar-refractivity contribution is 5.47. The van der Waals surface area contributed by atoms with Crippen LogP contribution < -0.4 is 0 Å². The van der Waals surface area contributed by atoms with Crippen LogP contribution in [0.15, 0.2) is 54.6 Å². The summed E-state index contributed by atoms with van der Waals surface area (Å²) in [6.07, 6.45) is 0.957. The summed E-state index contributed by atoms with van der Waals surface area (Å²) in [5, 5.41) is 0. The zero-order chi connectivity index (χ0) is 15.6. The first kappa shape index (κ1) is 15.6. The van der Waals surface area contributed by atoms with Crippen molar-refractivity contribution in [2.24, 2.45) is 0 Å². The minimum absolute atomic E-state index is 0.0151. The summed E-state index contributed by atoms with van der Waals surface area (Å²) in [5.74, 6) is 0. The SMILES string of the molecule is C=C(C)Cc1cc(C)c(C)c(C(C)(C)c2ccccc2)c1. The highest BCUT2D eigenvalue weighted by Crippen LogP contribution is 2.35. The van der Waals surface area contributed by atoms with Crippen molar-refractivity contribution in [3.05, 3.63) is 82.4 Å². The number of rotatable bonds is 4. The van der Waals surface area contributed by atoms with Crippen LogP contribution in [0.5, 0.6) is 0 Å². The van der Waals surface area contributed by atoms with E-state index in [4.69, 9.17) is 0 Å². The molecule has 0 aliphatic carbocycles. The molecule has 0 saturated heterocycles. The maximum Gasteiger partial charge on any atom is 0.0149 e. The van der Waals surface area contributed by atoms with Crippen molar-refractivity contribution in [3.8, 4) is 0 Å². The Morgan fingerprint density at radius 1 is 1.05 bits per heavy atom. The molecule has 2 aromatic rings. The van der Waals surface area contributed by atoms with E-state index in [1.54, 1.807) is 0 Å². The maximum atomic E-state index is 4.05. The van der Waals surface area contributed by atoms with E-state index in [1.165, 1.54) is 33.4 Å². The molecule has 0 fully saturated rings. The molecular weight excluding hydrogens is 252 g/mol. The highest BCUT2D eigenvalue weighted by Gasteiger charge is 2.25. The van der Waals surface area contributed by atoms with E-state index in [0.717, 1.165) is 6.42 Å². The normalized spacial score (nSPS) is 11.5. The molecule has 0 amide bonds. The predicted molar refractivity (Wildman–Crippen MR) is 93.0 cm³/mol. The highest BCUT2D eigenvalue weighted by atomic mass is 14.3.